The molecule has 2 fully saturated rings. The monoisotopic (exact) mass is 422 g/mol. The van der Waals surface area contributed by atoms with E-state index in [2.05, 4.69) is 21.3 Å². The first-order valence-corrected chi connectivity index (χ1v) is 10.6. The molecule has 3 atom stereocenters. The van der Waals surface area contributed by atoms with Crippen LogP contribution in [0.2, 0.25) is 0 Å². The number of nitrogens with zero attached hydrogens (tertiary/aromatic N) is 3. The minimum Gasteiger partial charge on any atom is -0.376 e. The molecular weight excluding hydrogens is 399 g/mol. The summed E-state index contributed by atoms with van der Waals surface area (Å²) >= 11 is 5.75. The normalized spacial score (nSPS) is 23.7. The number of benzene rings is 1. The third-order valence-corrected chi connectivity index (χ3v) is 6.14. The van der Waals surface area contributed by atoms with Gasteiger partial charge in [-0.3, -0.25) is 4.98 Å². The predicted molar refractivity (Wildman–Crippen MR) is 117 cm³/mol. The highest BCUT2D eigenvalue weighted by Gasteiger charge is 2.42. The molecule has 1 N–H and O–H groups in total. The molecule has 2 aliphatic rings. The van der Waals surface area contributed by atoms with Gasteiger partial charge >= 0.3 is 0 Å². The van der Waals surface area contributed by atoms with Crippen LogP contribution in [0.15, 0.2) is 67.0 Å². The molecule has 1 aromatic carbocycles. The number of pyridine rings is 1. The smallest absolute Gasteiger partial charge is 0.170 e. The van der Waals surface area contributed by atoms with Crippen molar-refractivity contribution >= 4 is 17.3 Å². The lowest BCUT2D eigenvalue weighted by atomic mass is 10.0. The standard InChI is InChI=1S/C23H23FN4OS/c24-16-6-3-7-17(14-16)27-12-4-10-20(27)22-21(19-9-1-2-11-25-19)26-23(30)28(22)15-18-8-5-13-29-18/h1-4,6-7,9-12,14,18,21-22H,5,8,13,15H2,(H,26,30)/t18-,21+,22+/m0/s1. The Balaban J connectivity index is 1.57. The minimum absolute atomic E-state index is 0.0881. The molecule has 4 heterocycles. The van der Waals surface area contributed by atoms with E-state index in [1.807, 2.05) is 41.1 Å². The first-order chi connectivity index (χ1) is 14.7. The van der Waals surface area contributed by atoms with Gasteiger partial charge in [-0.2, -0.15) is 0 Å². The molecule has 154 valence electrons. The summed E-state index contributed by atoms with van der Waals surface area (Å²) in [4.78, 5) is 6.79. The molecule has 0 saturated carbocycles. The molecule has 0 radical (unpaired) electrons. The fraction of sp³-hybridized carbons (Fsp3) is 0.304. The maximum atomic E-state index is 13.9. The van der Waals surface area contributed by atoms with E-state index in [9.17, 15) is 4.39 Å². The number of nitrogens with one attached hydrogen (secondary N) is 1. The molecule has 2 aromatic heterocycles. The number of halogens is 1. The van der Waals surface area contributed by atoms with Crippen molar-refractivity contribution in [3.8, 4) is 5.69 Å². The molecule has 7 heteroatoms. The Kier molecular flexibility index (Phi) is 5.23. The summed E-state index contributed by atoms with van der Waals surface area (Å²) < 4.78 is 21.9. The first-order valence-electron chi connectivity index (χ1n) is 10.2. The van der Waals surface area contributed by atoms with Crippen molar-refractivity contribution in [2.75, 3.05) is 13.2 Å². The number of ether oxygens (including phenoxy) is 1. The van der Waals surface area contributed by atoms with Crippen molar-refractivity contribution in [3.63, 3.8) is 0 Å². The lowest BCUT2D eigenvalue weighted by Crippen LogP contribution is -2.36. The van der Waals surface area contributed by atoms with Gasteiger partial charge in [-0.15, -0.1) is 0 Å². The van der Waals surface area contributed by atoms with Crippen molar-refractivity contribution in [2.45, 2.75) is 31.0 Å². The van der Waals surface area contributed by atoms with Gasteiger partial charge in [-0.05, 0) is 67.5 Å². The van der Waals surface area contributed by atoms with Crippen LogP contribution in [0.3, 0.4) is 0 Å². The second kappa shape index (κ2) is 8.16. The molecule has 2 aliphatic heterocycles. The number of hydrogen-bond acceptors (Lipinski definition) is 3. The number of hydrogen-bond donors (Lipinski definition) is 1. The number of aromatic nitrogens is 2. The Morgan fingerprint density at radius 1 is 1.17 bits per heavy atom. The zero-order valence-electron chi connectivity index (χ0n) is 16.4. The summed E-state index contributed by atoms with van der Waals surface area (Å²) in [5, 5.41) is 4.17. The van der Waals surface area contributed by atoms with Gasteiger partial charge in [0.1, 0.15) is 5.82 Å². The van der Waals surface area contributed by atoms with E-state index in [0.717, 1.165) is 36.5 Å². The van der Waals surface area contributed by atoms with Crippen LogP contribution in [-0.4, -0.2) is 38.8 Å². The largest absolute Gasteiger partial charge is 0.376 e. The van der Waals surface area contributed by atoms with Crippen LogP contribution in [0.4, 0.5) is 4.39 Å². The topological polar surface area (TPSA) is 42.3 Å². The molecule has 3 aromatic rings. The third-order valence-electron chi connectivity index (χ3n) is 5.79. The van der Waals surface area contributed by atoms with Crippen LogP contribution in [0, 0.1) is 5.82 Å². The van der Waals surface area contributed by atoms with Gasteiger partial charge in [0.15, 0.2) is 5.11 Å². The molecule has 0 spiro atoms. The first kappa shape index (κ1) is 19.2. The molecule has 30 heavy (non-hydrogen) atoms. The van der Waals surface area contributed by atoms with Crippen molar-refractivity contribution < 1.29 is 9.13 Å². The van der Waals surface area contributed by atoms with E-state index >= 15 is 0 Å². The van der Waals surface area contributed by atoms with Gasteiger partial charge < -0.3 is 19.5 Å². The predicted octanol–water partition coefficient (Wildman–Crippen LogP) is 4.16. The lowest BCUT2D eigenvalue weighted by molar-refractivity contribution is 0.0836. The summed E-state index contributed by atoms with van der Waals surface area (Å²) in [6.07, 6.45) is 6.03. The zero-order chi connectivity index (χ0) is 20.5. The van der Waals surface area contributed by atoms with Gasteiger partial charge in [0, 0.05) is 36.9 Å². The Hall–Kier alpha value is -2.77. The zero-order valence-corrected chi connectivity index (χ0v) is 17.3. The fourth-order valence-electron chi connectivity index (χ4n) is 4.43. The Morgan fingerprint density at radius 3 is 2.87 bits per heavy atom. The van der Waals surface area contributed by atoms with Crippen LogP contribution in [0.1, 0.15) is 36.3 Å². The minimum atomic E-state index is -0.260. The maximum Gasteiger partial charge on any atom is 0.170 e. The molecule has 0 bridgehead atoms. The summed E-state index contributed by atoms with van der Waals surface area (Å²) in [6.45, 7) is 1.51. The second-order valence-corrected chi connectivity index (χ2v) is 8.08. The Morgan fingerprint density at radius 2 is 2.10 bits per heavy atom. The lowest BCUT2D eigenvalue weighted by Gasteiger charge is -2.30. The Labute approximate surface area is 180 Å². The average molecular weight is 423 g/mol. The highest BCUT2D eigenvalue weighted by atomic mass is 32.1. The van der Waals surface area contributed by atoms with Crippen LogP contribution in [-0.2, 0) is 4.74 Å². The SMILES string of the molecule is Fc1cccc(-n2cccc2[C@@H]2[C@@H](c3ccccn3)NC(=S)N2C[C@@H]2CCCO2)c1. The second-order valence-electron chi connectivity index (χ2n) is 7.70. The van der Waals surface area contributed by atoms with Crippen LogP contribution in [0.5, 0.6) is 0 Å². The quantitative estimate of drug-likeness (QED) is 0.626. The van der Waals surface area contributed by atoms with Crippen LogP contribution < -0.4 is 5.32 Å². The van der Waals surface area contributed by atoms with E-state index in [1.54, 1.807) is 18.3 Å². The summed E-state index contributed by atoms with van der Waals surface area (Å²) in [5.41, 5.74) is 2.73. The maximum absolute atomic E-state index is 13.9. The van der Waals surface area contributed by atoms with Gasteiger partial charge in [0.05, 0.1) is 23.9 Å². The van der Waals surface area contributed by atoms with Gasteiger partial charge in [-0.1, -0.05) is 12.1 Å². The van der Waals surface area contributed by atoms with Crippen LogP contribution in [0.25, 0.3) is 5.69 Å². The third kappa shape index (κ3) is 3.59. The van der Waals surface area contributed by atoms with Crippen molar-refractivity contribution in [1.82, 2.24) is 19.8 Å². The van der Waals surface area contributed by atoms with Gasteiger partial charge in [0.25, 0.3) is 0 Å². The van der Waals surface area contributed by atoms with E-state index in [4.69, 9.17) is 17.0 Å². The van der Waals surface area contributed by atoms with Crippen LogP contribution >= 0.6 is 12.2 Å². The number of thiocarbonyl (C=S) groups is 1. The highest BCUT2D eigenvalue weighted by Crippen LogP contribution is 2.40. The number of rotatable bonds is 5. The average Bonchev–Trinajstić information content (AvgIpc) is 3.50. The molecule has 5 nitrogen and oxygen atoms in total. The van der Waals surface area contributed by atoms with Gasteiger partial charge in [-0.25, -0.2) is 4.39 Å². The fourth-order valence-corrected chi connectivity index (χ4v) is 4.74. The van der Waals surface area contributed by atoms with Crippen molar-refractivity contribution in [3.05, 3.63) is 84.2 Å². The van der Waals surface area contributed by atoms with E-state index < -0.39 is 0 Å². The Bertz CT molecular complexity index is 1030. The molecule has 0 aliphatic carbocycles. The summed E-state index contributed by atoms with van der Waals surface area (Å²) in [5.74, 6) is -0.260. The van der Waals surface area contributed by atoms with E-state index in [1.165, 1.54) is 6.07 Å². The van der Waals surface area contributed by atoms with E-state index in [0.29, 0.717) is 11.7 Å². The summed E-state index contributed by atoms with van der Waals surface area (Å²) in [7, 11) is 0. The molecule has 0 unspecified atom stereocenters. The van der Waals surface area contributed by atoms with E-state index in [-0.39, 0.29) is 24.0 Å². The van der Waals surface area contributed by atoms with Crippen molar-refractivity contribution in [2.24, 2.45) is 0 Å². The molecule has 2 saturated heterocycles. The van der Waals surface area contributed by atoms with Crippen molar-refractivity contribution in [1.29, 1.82) is 0 Å². The summed E-state index contributed by atoms with van der Waals surface area (Å²) in [6, 6.07) is 16.4. The highest BCUT2D eigenvalue weighted by molar-refractivity contribution is 7.80. The molecular formula is C23H23FN4OS. The van der Waals surface area contributed by atoms with Gasteiger partial charge in [0.2, 0.25) is 0 Å². The molecule has 5 rings (SSSR count). The molecule has 0 amide bonds.